The molecule has 0 saturated carbocycles. The number of carbonyl (C=O) groups excluding carboxylic acids is 2. The maximum atomic E-state index is 13.0. The molecular formula is C20H22N2O3S. The normalized spacial score (nSPS) is 17.2. The van der Waals surface area contributed by atoms with Crippen molar-refractivity contribution >= 4 is 23.5 Å². The largest absolute Gasteiger partial charge is 0.338 e. The number of aromatic nitrogens is 1. The number of amides is 1. The van der Waals surface area contributed by atoms with E-state index in [1.807, 2.05) is 30.5 Å². The Bertz CT molecular complexity index is 891. The Hall–Kier alpha value is -2.34. The van der Waals surface area contributed by atoms with Gasteiger partial charge in [-0.2, -0.15) is 0 Å². The van der Waals surface area contributed by atoms with E-state index in [9.17, 15) is 14.4 Å². The molecule has 6 heteroatoms. The van der Waals surface area contributed by atoms with Crippen LogP contribution in [0.4, 0.5) is 0 Å². The molecule has 1 saturated heterocycles. The highest BCUT2D eigenvalue weighted by molar-refractivity contribution is 7.98. The molecule has 0 unspecified atom stereocenters. The summed E-state index contributed by atoms with van der Waals surface area (Å²) in [4.78, 5) is 40.0. The third kappa shape index (κ3) is 3.75. The van der Waals surface area contributed by atoms with E-state index in [0.717, 1.165) is 23.3 Å². The van der Waals surface area contributed by atoms with Gasteiger partial charge in [0, 0.05) is 48.8 Å². The molecular weight excluding hydrogens is 348 g/mol. The fourth-order valence-electron chi connectivity index (χ4n) is 3.35. The van der Waals surface area contributed by atoms with Crippen LogP contribution in [0.25, 0.3) is 0 Å². The number of Topliss-reactive ketones (excluding diaryl/α,β-unsaturated/α-hetero) is 1. The van der Waals surface area contributed by atoms with Crippen molar-refractivity contribution in [2.45, 2.75) is 17.7 Å². The lowest BCUT2D eigenvalue weighted by molar-refractivity contribution is 0.0635. The number of benzene rings is 1. The predicted octanol–water partition coefficient (Wildman–Crippen LogP) is 2.84. The van der Waals surface area contributed by atoms with E-state index in [1.54, 1.807) is 36.0 Å². The molecule has 2 aromatic rings. The fraction of sp³-hybridized carbons (Fsp3) is 0.350. The molecule has 5 nitrogen and oxygen atoms in total. The molecule has 1 aromatic carbocycles. The zero-order chi connectivity index (χ0) is 18.7. The van der Waals surface area contributed by atoms with Gasteiger partial charge in [-0.1, -0.05) is 18.2 Å². The number of hydrogen-bond donors (Lipinski definition) is 0. The average Bonchev–Trinajstić information content (AvgIpc) is 2.69. The maximum absolute atomic E-state index is 13.0. The lowest BCUT2D eigenvalue weighted by atomic mass is 9.89. The first kappa shape index (κ1) is 18.5. The van der Waals surface area contributed by atoms with Gasteiger partial charge < -0.3 is 9.47 Å². The lowest BCUT2D eigenvalue weighted by Crippen LogP contribution is -2.42. The average molecular weight is 370 g/mol. The highest BCUT2D eigenvalue weighted by atomic mass is 32.2. The second kappa shape index (κ2) is 7.91. The van der Waals surface area contributed by atoms with Gasteiger partial charge in [-0.15, -0.1) is 11.8 Å². The Morgan fingerprint density at radius 3 is 2.65 bits per heavy atom. The van der Waals surface area contributed by atoms with Gasteiger partial charge in [0.1, 0.15) is 0 Å². The number of carbonyl (C=O) groups is 2. The number of likely N-dealkylation sites (tertiary alicyclic amines) is 1. The van der Waals surface area contributed by atoms with Crippen LogP contribution in [0, 0.1) is 5.92 Å². The highest BCUT2D eigenvalue weighted by Crippen LogP contribution is 2.27. The van der Waals surface area contributed by atoms with E-state index in [4.69, 9.17) is 0 Å². The van der Waals surface area contributed by atoms with Crippen molar-refractivity contribution in [3.05, 3.63) is 64.1 Å². The summed E-state index contributed by atoms with van der Waals surface area (Å²) in [7, 11) is 1.63. The van der Waals surface area contributed by atoms with Crippen LogP contribution < -0.4 is 5.56 Å². The van der Waals surface area contributed by atoms with E-state index < -0.39 is 0 Å². The van der Waals surface area contributed by atoms with Crippen molar-refractivity contribution in [2.24, 2.45) is 13.0 Å². The Kier molecular flexibility index (Phi) is 5.61. The van der Waals surface area contributed by atoms with Gasteiger partial charge in [-0.3, -0.25) is 14.4 Å². The van der Waals surface area contributed by atoms with Gasteiger partial charge in [0.2, 0.25) is 5.56 Å². The van der Waals surface area contributed by atoms with Gasteiger partial charge >= 0.3 is 0 Å². The van der Waals surface area contributed by atoms with Crippen molar-refractivity contribution in [3.63, 3.8) is 0 Å². The summed E-state index contributed by atoms with van der Waals surface area (Å²) >= 11 is 1.56. The number of piperidine rings is 1. The molecule has 0 bridgehead atoms. The standard InChI is InChI=1S/C20H22N2O3S/c1-21-12-15(9-10-18(21)23)20(25)22-11-5-6-14(13-22)19(24)16-7-3-4-8-17(16)26-2/h3-4,7-10,12,14H,5-6,11,13H2,1-2H3/t14-/m1/s1. The van der Waals surface area contributed by atoms with Crippen LogP contribution in [0.2, 0.25) is 0 Å². The molecule has 1 aromatic heterocycles. The molecule has 1 amide bonds. The minimum absolute atomic E-state index is 0.105. The third-order valence-corrected chi connectivity index (χ3v) is 5.58. The molecule has 1 atom stereocenters. The summed E-state index contributed by atoms with van der Waals surface area (Å²) in [6.07, 6.45) is 5.11. The van der Waals surface area contributed by atoms with Crippen LogP contribution in [0.1, 0.15) is 33.6 Å². The van der Waals surface area contributed by atoms with Crippen molar-refractivity contribution in [2.75, 3.05) is 19.3 Å². The Labute approximate surface area is 157 Å². The molecule has 1 aliphatic heterocycles. The second-order valence-electron chi connectivity index (χ2n) is 6.52. The summed E-state index contributed by atoms with van der Waals surface area (Å²) in [5.74, 6) is -0.210. The highest BCUT2D eigenvalue weighted by Gasteiger charge is 2.30. The summed E-state index contributed by atoms with van der Waals surface area (Å²) in [5.41, 5.74) is 1.06. The molecule has 1 aliphatic rings. The number of pyridine rings is 1. The SMILES string of the molecule is CSc1ccccc1C(=O)[C@@H]1CCCN(C(=O)c2ccc(=O)n(C)c2)C1. The summed E-state index contributed by atoms with van der Waals surface area (Å²) in [6, 6.07) is 10.6. The topological polar surface area (TPSA) is 59.4 Å². The van der Waals surface area contributed by atoms with Gasteiger partial charge in [0.05, 0.1) is 5.56 Å². The Balaban J connectivity index is 1.78. The quantitative estimate of drug-likeness (QED) is 0.613. The van der Waals surface area contributed by atoms with E-state index in [2.05, 4.69) is 0 Å². The molecule has 0 radical (unpaired) electrons. The molecule has 0 aliphatic carbocycles. The minimum atomic E-state index is -0.187. The van der Waals surface area contributed by atoms with Crippen LogP contribution in [0.15, 0.2) is 52.3 Å². The fourth-order valence-corrected chi connectivity index (χ4v) is 3.95. The van der Waals surface area contributed by atoms with Gasteiger partial charge in [0.15, 0.2) is 5.78 Å². The van der Waals surface area contributed by atoms with Gasteiger partial charge in [0.25, 0.3) is 5.91 Å². The summed E-state index contributed by atoms with van der Waals surface area (Å²) < 4.78 is 1.40. The molecule has 2 heterocycles. The predicted molar refractivity (Wildman–Crippen MR) is 103 cm³/mol. The van der Waals surface area contributed by atoms with E-state index >= 15 is 0 Å². The van der Waals surface area contributed by atoms with Gasteiger partial charge in [-0.05, 0) is 31.2 Å². The first-order valence-corrected chi connectivity index (χ1v) is 9.87. The van der Waals surface area contributed by atoms with E-state index in [1.165, 1.54) is 10.6 Å². The number of aryl methyl sites for hydroxylation is 1. The molecule has 3 rings (SSSR count). The molecule has 136 valence electrons. The number of nitrogens with zero attached hydrogens (tertiary/aromatic N) is 2. The van der Waals surface area contributed by atoms with E-state index in [0.29, 0.717) is 18.7 Å². The Morgan fingerprint density at radius 1 is 1.15 bits per heavy atom. The van der Waals surface area contributed by atoms with Crippen LogP contribution in [-0.2, 0) is 7.05 Å². The smallest absolute Gasteiger partial charge is 0.255 e. The van der Waals surface area contributed by atoms with E-state index in [-0.39, 0.29) is 23.2 Å². The Morgan fingerprint density at radius 2 is 1.92 bits per heavy atom. The van der Waals surface area contributed by atoms with Crippen molar-refractivity contribution in [3.8, 4) is 0 Å². The lowest BCUT2D eigenvalue weighted by Gasteiger charge is -2.32. The second-order valence-corrected chi connectivity index (χ2v) is 7.37. The van der Waals surface area contributed by atoms with Crippen LogP contribution in [0.3, 0.4) is 0 Å². The molecule has 0 spiro atoms. The monoisotopic (exact) mass is 370 g/mol. The summed E-state index contributed by atoms with van der Waals surface area (Å²) in [5, 5.41) is 0. The van der Waals surface area contributed by atoms with Crippen molar-refractivity contribution < 1.29 is 9.59 Å². The first-order valence-electron chi connectivity index (χ1n) is 8.64. The third-order valence-electron chi connectivity index (χ3n) is 4.78. The number of rotatable bonds is 4. The first-order chi connectivity index (χ1) is 12.5. The van der Waals surface area contributed by atoms with Crippen LogP contribution in [0.5, 0.6) is 0 Å². The molecule has 26 heavy (non-hydrogen) atoms. The van der Waals surface area contributed by atoms with Crippen LogP contribution in [-0.4, -0.2) is 40.5 Å². The minimum Gasteiger partial charge on any atom is -0.338 e. The molecule has 0 N–H and O–H groups in total. The number of thioether (sulfide) groups is 1. The maximum Gasteiger partial charge on any atom is 0.255 e. The number of hydrogen-bond acceptors (Lipinski definition) is 4. The van der Waals surface area contributed by atoms with Crippen molar-refractivity contribution in [1.29, 1.82) is 0 Å². The summed E-state index contributed by atoms with van der Waals surface area (Å²) in [6.45, 7) is 1.05. The zero-order valence-corrected chi connectivity index (χ0v) is 15.8. The molecule has 1 fully saturated rings. The number of ketones is 1. The zero-order valence-electron chi connectivity index (χ0n) is 15.0. The van der Waals surface area contributed by atoms with Gasteiger partial charge in [-0.25, -0.2) is 0 Å². The van der Waals surface area contributed by atoms with Crippen LogP contribution >= 0.6 is 11.8 Å². The van der Waals surface area contributed by atoms with Crippen molar-refractivity contribution in [1.82, 2.24) is 9.47 Å².